The number of carbonyl (C=O) groups excluding carboxylic acids is 1. The molecule has 0 unspecified atom stereocenters. The molecular formula is C20H35N3O. The maximum absolute atomic E-state index is 11.5. The van der Waals surface area contributed by atoms with Crippen molar-refractivity contribution in [2.75, 3.05) is 19.6 Å². The maximum atomic E-state index is 11.5. The van der Waals surface area contributed by atoms with Crippen LogP contribution in [0.15, 0.2) is 36.0 Å². The second-order valence-corrected chi connectivity index (χ2v) is 5.58. The zero-order chi connectivity index (χ0) is 18.8. The minimum atomic E-state index is 0.206. The van der Waals surface area contributed by atoms with Crippen molar-refractivity contribution in [3.8, 4) is 6.07 Å². The summed E-state index contributed by atoms with van der Waals surface area (Å²) in [5, 5.41) is 8.49. The van der Waals surface area contributed by atoms with Crippen LogP contribution < -0.4 is 5.73 Å². The second kappa shape index (κ2) is 17.5. The van der Waals surface area contributed by atoms with Crippen molar-refractivity contribution in [3.63, 3.8) is 0 Å². The molecule has 0 aliphatic heterocycles. The molecule has 0 radical (unpaired) electrons. The number of carbonyl (C=O) groups is 1. The summed E-state index contributed by atoms with van der Waals surface area (Å²) in [6, 6.07) is 2.03. The van der Waals surface area contributed by atoms with E-state index in [9.17, 15) is 4.79 Å². The van der Waals surface area contributed by atoms with Crippen molar-refractivity contribution >= 4 is 5.91 Å². The van der Waals surface area contributed by atoms with E-state index < -0.39 is 0 Å². The number of nitriles is 1. The Morgan fingerprint density at radius 3 is 2.29 bits per heavy atom. The van der Waals surface area contributed by atoms with E-state index >= 15 is 0 Å². The topological polar surface area (TPSA) is 70.1 Å². The zero-order valence-corrected chi connectivity index (χ0v) is 16.0. The minimum Gasteiger partial charge on any atom is -0.343 e. The Balaban J connectivity index is 0. The molecule has 0 atom stereocenters. The van der Waals surface area contributed by atoms with E-state index in [-0.39, 0.29) is 5.91 Å². The molecule has 0 saturated carbocycles. The summed E-state index contributed by atoms with van der Waals surface area (Å²) in [5.41, 5.74) is 7.22. The van der Waals surface area contributed by atoms with Crippen LogP contribution in [0.5, 0.6) is 0 Å². The van der Waals surface area contributed by atoms with Crippen molar-refractivity contribution in [2.24, 2.45) is 5.73 Å². The number of hydrogen-bond donors (Lipinski definition) is 1. The van der Waals surface area contributed by atoms with Gasteiger partial charge in [-0.15, -0.1) is 0 Å². The first-order chi connectivity index (χ1) is 11.5. The fourth-order valence-corrected chi connectivity index (χ4v) is 1.76. The average Bonchev–Trinajstić information content (AvgIpc) is 2.59. The first kappa shape index (κ1) is 24.4. The maximum Gasteiger partial charge on any atom is 0.223 e. The van der Waals surface area contributed by atoms with E-state index in [0.717, 1.165) is 38.8 Å². The fourth-order valence-electron chi connectivity index (χ4n) is 1.76. The highest BCUT2D eigenvalue weighted by Crippen LogP contribution is 2.01. The van der Waals surface area contributed by atoms with E-state index in [1.165, 1.54) is 5.57 Å². The highest BCUT2D eigenvalue weighted by atomic mass is 16.2. The van der Waals surface area contributed by atoms with Crippen molar-refractivity contribution in [2.45, 2.75) is 59.8 Å². The summed E-state index contributed by atoms with van der Waals surface area (Å²) < 4.78 is 0. The number of unbranched alkanes of at least 4 members (excludes halogenated alkanes) is 1. The SMILES string of the molecule is C=C/C(C#N)=C\C=C(\C)CC.CCCCN(CCC)C(=O)CCN. The van der Waals surface area contributed by atoms with Crippen LogP contribution in [0.2, 0.25) is 0 Å². The predicted octanol–water partition coefficient (Wildman–Crippen LogP) is 4.35. The zero-order valence-electron chi connectivity index (χ0n) is 16.0. The molecule has 0 aliphatic carbocycles. The first-order valence-corrected chi connectivity index (χ1v) is 8.88. The molecule has 0 rings (SSSR count). The van der Waals surface area contributed by atoms with Gasteiger partial charge in [-0.25, -0.2) is 0 Å². The normalized spacial score (nSPS) is 11.2. The third kappa shape index (κ3) is 13.8. The molecule has 136 valence electrons. The molecule has 24 heavy (non-hydrogen) atoms. The van der Waals surface area contributed by atoms with Gasteiger partial charge in [0.25, 0.3) is 0 Å². The predicted molar refractivity (Wildman–Crippen MR) is 103 cm³/mol. The smallest absolute Gasteiger partial charge is 0.223 e. The van der Waals surface area contributed by atoms with Crippen LogP contribution in [0.3, 0.4) is 0 Å². The quantitative estimate of drug-likeness (QED) is 0.477. The third-order valence-corrected chi connectivity index (χ3v) is 3.44. The molecule has 0 aromatic carbocycles. The molecule has 0 saturated heterocycles. The molecule has 0 aromatic rings. The molecule has 0 aliphatic rings. The van der Waals surface area contributed by atoms with Crippen molar-refractivity contribution in [1.82, 2.24) is 4.90 Å². The number of nitrogens with two attached hydrogens (primary N) is 1. The highest BCUT2D eigenvalue weighted by Gasteiger charge is 2.09. The Bertz CT molecular complexity index is 444. The van der Waals surface area contributed by atoms with Gasteiger partial charge in [-0.1, -0.05) is 51.5 Å². The molecule has 0 aromatic heterocycles. The standard InChI is InChI=1S/C10H22N2O.C10H13N/c1-3-5-9-12(8-4-2)10(13)6-7-11;1-4-9(3)6-7-10(5-2)8-11/h3-9,11H2,1-2H3;5-7H,2,4H2,1,3H3/b;9-6-,10-7+. The molecule has 1 amide bonds. The van der Waals surface area contributed by atoms with Gasteiger partial charge >= 0.3 is 0 Å². The van der Waals surface area contributed by atoms with Gasteiger partial charge in [-0.2, -0.15) is 5.26 Å². The fraction of sp³-hybridized carbons (Fsp3) is 0.600. The average molecular weight is 334 g/mol. The summed E-state index contributed by atoms with van der Waals surface area (Å²) in [5.74, 6) is 0.206. The van der Waals surface area contributed by atoms with E-state index in [4.69, 9.17) is 11.0 Å². The van der Waals surface area contributed by atoms with Gasteiger partial charge < -0.3 is 10.6 Å². The summed E-state index contributed by atoms with van der Waals surface area (Å²) in [4.78, 5) is 13.4. The monoisotopic (exact) mass is 333 g/mol. The number of nitrogens with zero attached hydrogens (tertiary/aromatic N) is 2. The molecular weight excluding hydrogens is 298 g/mol. The lowest BCUT2D eigenvalue weighted by atomic mass is 10.2. The van der Waals surface area contributed by atoms with Crippen molar-refractivity contribution in [1.29, 1.82) is 5.26 Å². The molecule has 0 spiro atoms. The minimum absolute atomic E-state index is 0.206. The van der Waals surface area contributed by atoms with Gasteiger partial charge in [0.2, 0.25) is 5.91 Å². The summed E-state index contributed by atoms with van der Waals surface area (Å²) >= 11 is 0. The highest BCUT2D eigenvalue weighted by molar-refractivity contribution is 5.76. The Morgan fingerprint density at radius 2 is 1.88 bits per heavy atom. The summed E-state index contributed by atoms with van der Waals surface area (Å²) in [6.45, 7) is 14.1. The van der Waals surface area contributed by atoms with Gasteiger partial charge in [0, 0.05) is 26.1 Å². The van der Waals surface area contributed by atoms with E-state index in [0.29, 0.717) is 18.5 Å². The molecule has 4 heteroatoms. The van der Waals surface area contributed by atoms with Crippen molar-refractivity contribution < 1.29 is 4.79 Å². The summed E-state index contributed by atoms with van der Waals surface area (Å²) in [6.07, 6.45) is 10.0. The van der Waals surface area contributed by atoms with E-state index in [1.807, 2.05) is 24.0 Å². The van der Waals surface area contributed by atoms with Crippen LogP contribution in [0, 0.1) is 11.3 Å². The van der Waals surface area contributed by atoms with E-state index in [1.54, 1.807) is 12.2 Å². The number of allylic oxidation sites excluding steroid dienone is 5. The van der Waals surface area contributed by atoms with Gasteiger partial charge in [0.15, 0.2) is 0 Å². The third-order valence-electron chi connectivity index (χ3n) is 3.44. The van der Waals surface area contributed by atoms with Crippen LogP contribution >= 0.6 is 0 Å². The van der Waals surface area contributed by atoms with Crippen LogP contribution in [0.1, 0.15) is 59.8 Å². The van der Waals surface area contributed by atoms with Crippen LogP contribution in [-0.4, -0.2) is 30.4 Å². The Labute approximate surface area is 148 Å². The Hall–Kier alpha value is -1.86. The Kier molecular flexibility index (Phi) is 17.8. The lowest BCUT2D eigenvalue weighted by molar-refractivity contribution is -0.131. The van der Waals surface area contributed by atoms with Crippen LogP contribution in [0.25, 0.3) is 0 Å². The lowest BCUT2D eigenvalue weighted by Crippen LogP contribution is -2.33. The molecule has 0 fully saturated rings. The number of rotatable bonds is 10. The molecule has 4 nitrogen and oxygen atoms in total. The molecule has 2 N–H and O–H groups in total. The van der Waals surface area contributed by atoms with Gasteiger partial charge in [0.05, 0.1) is 11.6 Å². The van der Waals surface area contributed by atoms with E-state index in [2.05, 4.69) is 27.4 Å². The van der Waals surface area contributed by atoms with Crippen LogP contribution in [-0.2, 0) is 4.79 Å². The molecule has 0 heterocycles. The first-order valence-electron chi connectivity index (χ1n) is 8.88. The van der Waals surface area contributed by atoms with Gasteiger partial charge in [0.1, 0.15) is 0 Å². The van der Waals surface area contributed by atoms with Crippen LogP contribution in [0.4, 0.5) is 0 Å². The van der Waals surface area contributed by atoms with Crippen molar-refractivity contribution in [3.05, 3.63) is 36.0 Å². The van der Waals surface area contributed by atoms with Gasteiger partial charge in [-0.05, 0) is 32.3 Å². The second-order valence-electron chi connectivity index (χ2n) is 5.58. The summed E-state index contributed by atoms with van der Waals surface area (Å²) in [7, 11) is 0. The lowest BCUT2D eigenvalue weighted by Gasteiger charge is -2.21. The molecule has 0 bridgehead atoms. The Morgan fingerprint density at radius 1 is 1.21 bits per heavy atom. The number of hydrogen-bond acceptors (Lipinski definition) is 3. The number of amides is 1. The largest absolute Gasteiger partial charge is 0.343 e. The van der Waals surface area contributed by atoms with Gasteiger partial charge in [-0.3, -0.25) is 4.79 Å².